The minimum absolute atomic E-state index is 0.0111. The number of benzene rings is 1. The number of hydrogen-bond acceptors (Lipinski definition) is 3. The van der Waals surface area contributed by atoms with Crippen molar-refractivity contribution in [1.82, 2.24) is 4.57 Å². The van der Waals surface area contributed by atoms with Crippen molar-refractivity contribution < 1.29 is 9.90 Å². The Labute approximate surface area is 102 Å². The Balaban J connectivity index is 2.63. The molecule has 0 saturated carbocycles. The quantitative estimate of drug-likeness (QED) is 0.860. The van der Waals surface area contributed by atoms with Gasteiger partial charge < -0.3 is 5.11 Å². The second-order valence-electron chi connectivity index (χ2n) is 3.59. The van der Waals surface area contributed by atoms with E-state index < -0.39 is 5.97 Å². The van der Waals surface area contributed by atoms with Crippen LogP contribution in [0.3, 0.4) is 0 Å². The second kappa shape index (κ2) is 4.55. The van der Waals surface area contributed by atoms with E-state index >= 15 is 0 Å². The van der Waals surface area contributed by atoms with Gasteiger partial charge in [0, 0.05) is 18.0 Å². The first kappa shape index (κ1) is 11.6. The maximum atomic E-state index is 11.7. The van der Waals surface area contributed by atoms with Gasteiger partial charge in [-0.2, -0.15) is 5.26 Å². The molecule has 1 heterocycles. The number of pyridine rings is 1. The average molecular weight is 240 g/mol. The largest absolute Gasteiger partial charge is 0.478 e. The average Bonchev–Trinajstić information content (AvgIpc) is 2.39. The summed E-state index contributed by atoms with van der Waals surface area (Å²) in [6, 6.07) is 10.8. The molecule has 0 bridgehead atoms. The van der Waals surface area contributed by atoms with Crippen LogP contribution in [0.15, 0.2) is 47.4 Å². The molecule has 1 N–H and O–H groups in total. The topological polar surface area (TPSA) is 83.1 Å². The molecule has 5 nitrogen and oxygen atoms in total. The highest BCUT2D eigenvalue weighted by Gasteiger charge is 2.06. The summed E-state index contributed by atoms with van der Waals surface area (Å²) < 4.78 is 1.20. The fraction of sp³-hybridized carbons (Fsp3) is 0. The number of carboxylic acids is 1. The molecule has 0 spiro atoms. The molecule has 2 aromatic rings. The first-order chi connectivity index (χ1) is 8.61. The van der Waals surface area contributed by atoms with Gasteiger partial charge in [-0.3, -0.25) is 9.36 Å². The van der Waals surface area contributed by atoms with Gasteiger partial charge in [-0.1, -0.05) is 6.07 Å². The van der Waals surface area contributed by atoms with Crippen molar-refractivity contribution in [2.45, 2.75) is 0 Å². The molecule has 0 saturated heterocycles. The van der Waals surface area contributed by atoms with Gasteiger partial charge in [0.2, 0.25) is 0 Å². The van der Waals surface area contributed by atoms with E-state index in [1.807, 2.05) is 6.07 Å². The molecule has 0 unspecified atom stereocenters. The number of aromatic carboxylic acids is 1. The van der Waals surface area contributed by atoms with Crippen LogP contribution in [0.25, 0.3) is 5.69 Å². The van der Waals surface area contributed by atoms with Crippen molar-refractivity contribution in [2.75, 3.05) is 0 Å². The highest BCUT2D eigenvalue weighted by molar-refractivity contribution is 5.87. The number of carbonyl (C=O) groups is 1. The van der Waals surface area contributed by atoms with Gasteiger partial charge >= 0.3 is 5.97 Å². The number of hydrogen-bond donors (Lipinski definition) is 1. The number of carboxylic acid groups (broad SMARTS) is 1. The molecule has 0 atom stereocenters. The zero-order chi connectivity index (χ0) is 13.1. The summed E-state index contributed by atoms with van der Waals surface area (Å²) in [5.41, 5.74) is 0.523. The molecule has 0 fully saturated rings. The minimum atomic E-state index is -1.11. The number of nitriles is 1. The molecule has 18 heavy (non-hydrogen) atoms. The van der Waals surface area contributed by atoms with Crippen LogP contribution in [0.4, 0.5) is 0 Å². The summed E-state index contributed by atoms with van der Waals surface area (Å²) >= 11 is 0. The lowest BCUT2D eigenvalue weighted by Gasteiger charge is -2.06. The third kappa shape index (κ3) is 2.13. The van der Waals surface area contributed by atoms with Gasteiger partial charge in [0.1, 0.15) is 0 Å². The first-order valence-electron chi connectivity index (χ1n) is 5.08. The van der Waals surface area contributed by atoms with Gasteiger partial charge in [-0.25, -0.2) is 4.79 Å². The molecule has 0 aliphatic heterocycles. The highest BCUT2D eigenvalue weighted by Crippen LogP contribution is 2.09. The minimum Gasteiger partial charge on any atom is -0.478 e. The van der Waals surface area contributed by atoms with E-state index in [0.29, 0.717) is 11.3 Å². The van der Waals surface area contributed by atoms with Crippen LogP contribution in [0.2, 0.25) is 0 Å². The van der Waals surface area contributed by atoms with E-state index in [9.17, 15) is 9.59 Å². The van der Waals surface area contributed by atoms with E-state index in [-0.39, 0.29) is 11.1 Å². The van der Waals surface area contributed by atoms with Crippen LogP contribution in [0.5, 0.6) is 0 Å². The predicted octanol–water partition coefficient (Wildman–Crippen LogP) is 1.41. The lowest BCUT2D eigenvalue weighted by Crippen LogP contribution is -2.18. The summed E-state index contributed by atoms with van der Waals surface area (Å²) in [5, 5.41) is 17.7. The van der Waals surface area contributed by atoms with Gasteiger partial charge in [-0.15, -0.1) is 0 Å². The zero-order valence-electron chi connectivity index (χ0n) is 9.20. The number of aromatic nitrogens is 1. The molecule has 0 aliphatic rings. The maximum absolute atomic E-state index is 11.7. The summed E-state index contributed by atoms with van der Waals surface area (Å²) in [4.78, 5) is 22.5. The highest BCUT2D eigenvalue weighted by atomic mass is 16.4. The van der Waals surface area contributed by atoms with Crippen molar-refractivity contribution in [2.24, 2.45) is 0 Å². The van der Waals surface area contributed by atoms with Crippen LogP contribution in [-0.2, 0) is 0 Å². The van der Waals surface area contributed by atoms with Crippen molar-refractivity contribution in [3.05, 3.63) is 64.1 Å². The fourth-order valence-corrected chi connectivity index (χ4v) is 1.54. The van der Waals surface area contributed by atoms with Crippen molar-refractivity contribution in [3.8, 4) is 11.8 Å². The van der Waals surface area contributed by atoms with E-state index in [1.54, 1.807) is 18.2 Å². The second-order valence-corrected chi connectivity index (χ2v) is 3.59. The van der Waals surface area contributed by atoms with Gasteiger partial charge in [-0.05, 0) is 24.3 Å². The molecular weight excluding hydrogens is 232 g/mol. The lowest BCUT2D eigenvalue weighted by atomic mass is 10.2. The number of nitrogens with zero attached hydrogens (tertiary/aromatic N) is 2. The van der Waals surface area contributed by atoms with Crippen molar-refractivity contribution in [3.63, 3.8) is 0 Å². The van der Waals surface area contributed by atoms with Gasteiger partial charge in [0.25, 0.3) is 5.56 Å². The van der Waals surface area contributed by atoms with E-state index in [1.165, 1.54) is 29.0 Å². The van der Waals surface area contributed by atoms with E-state index in [0.717, 1.165) is 0 Å². The molecule has 2 rings (SSSR count). The van der Waals surface area contributed by atoms with Crippen LogP contribution in [0, 0.1) is 11.3 Å². The summed E-state index contributed by atoms with van der Waals surface area (Å²) in [6.07, 6.45) is 1.24. The maximum Gasteiger partial charge on any atom is 0.337 e. The summed E-state index contributed by atoms with van der Waals surface area (Å²) in [5.74, 6) is -1.11. The molecule has 0 radical (unpaired) electrons. The Morgan fingerprint density at radius 2 is 2.06 bits per heavy atom. The summed E-state index contributed by atoms with van der Waals surface area (Å²) in [6.45, 7) is 0. The Hall–Kier alpha value is -2.87. The standard InChI is InChI=1S/C13H8N2O3/c14-7-9-2-1-3-11(6-9)15-8-10(13(17)18)4-5-12(15)16/h1-6,8H,(H,17,18). The van der Waals surface area contributed by atoms with Crippen LogP contribution >= 0.6 is 0 Å². The molecular formula is C13H8N2O3. The number of rotatable bonds is 2. The molecule has 1 aromatic heterocycles. The summed E-state index contributed by atoms with van der Waals surface area (Å²) in [7, 11) is 0. The normalized spacial score (nSPS) is 9.72. The molecule has 0 amide bonds. The van der Waals surface area contributed by atoms with Crippen molar-refractivity contribution in [1.29, 1.82) is 5.26 Å². The SMILES string of the molecule is N#Cc1cccc(-n2cc(C(=O)O)ccc2=O)c1. The molecule has 0 aliphatic carbocycles. The van der Waals surface area contributed by atoms with E-state index in [2.05, 4.69) is 0 Å². The smallest absolute Gasteiger partial charge is 0.337 e. The first-order valence-corrected chi connectivity index (χ1v) is 5.08. The Kier molecular flexibility index (Phi) is 2.94. The Morgan fingerprint density at radius 1 is 1.28 bits per heavy atom. The third-order valence-corrected chi connectivity index (χ3v) is 2.41. The molecule has 5 heteroatoms. The zero-order valence-corrected chi connectivity index (χ0v) is 9.20. The van der Waals surface area contributed by atoms with Crippen LogP contribution in [-0.4, -0.2) is 15.6 Å². The lowest BCUT2D eigenvalue weighted by molar-refractivity contribution is 0.0696. The predicted molar refractivity (Wildman–Crippen MR) is 63.7 cm³/mol. The molecule has 1 aromatic carbocycles. The van der Waals surface area contributed by atoms with Crippen molar-refractivity contribution >= 4 is 5.97 Å². The van der Waals surface area contributed by atoms with Gasteiger partial charge in [0.05, 0.1) is 17.2 Å². The Bertz CT molecular complexity index is 711. The van der Waals surface area contributed by atoms with Crippen LogP contribution < -0.4 is 5.56 Å². The third-order valence-electron chi connectivity index (χ3n) is 2.41. The Morgan fingerprint density at radius 3 is 2.72 bits per heavy atom. The monoisotopic (exact) mass is 240 g/mol. The molecule has 88 valence electrons. The van der Waals surface area contributed by atoms with E-state index in [4.69, 9.17) is 10.4 Å². The van der Waals surface area contributed by atoms with Crippen LogP contribution in [0.1, 0.15) is 15.9 Å². The fourth-order valence-electron chi connectivity index (χ4n) is 1.54. The van der Waals surface area contributed by atoms with Gasteiger partial charge in [0.15, 0.2) is 0 Å².